The van der Waals surface area contributed by atoms with Crippen LogP contribution in [0.15, 0.2) is 30.6 Å². The van der Waals surface area contributed by atoms with Crippen LogP contribution in [0.2, 0.25) is 0 Å². The van der Waals surface area contributed by atoms with E-state index in [1.807, 2.05) is 0 Å². The second-order valence-corrected chi connectivity index (χ2v) is 2.77. The van der Waals surface area contributed by atoms with E-state index in [-0.39, 0.29) is 12.4 Å². The molecule has 0 unspecified atom stereocenters. The predicted octanol–water partition coefficient (Wildman–Crippen LogP) is 0.865. The van der Waals surface area contributed by atoms with Crippen LogP contribution in [0.5, 0.6) is 0 Å². The quantitative estimate of drug-likeness (QED) is 0.767. The molecule has 1 heterocycles. The minimum absolute atomic E-state index is 0.230. The summed E-state index contributed by atoms with van der Waals surface area (Å²) in [5.74, 6) is 0.220. The SMILES string of the molecule is NCc1nncn1-c1ccccc1F. The predicted molar refractivity (Wildman–Crippen MR) is 49.2 cm³/mol. The minimum atomic E-state index is -0.318. The molecule has 2 rings (SSSR count). The molecule has 0 radical (unpaired) electrons. The highest BCUT2D eigenvalue weighted by atomic mass is 19.1. The Balaban J connectivity index is 2.54. The van der Waals surface area contributed by atoms with Crippen LogP contribution >= 0.6 is 0 Å². The molecule has 0 saturated carbocycles. The Bertz CT molecular complexity index is 438. The number of hydrogen-bond donors (Lipinski definition) is 1. The summed E-state index contributed by atoms with van der Waals surface area (Å²) < 4.78 is 14.9. The average Bonchev–Trinajstić information content (AvgIpc) is 2.66. The van der Waals surface area contributed by atoms with Gasteiger partial charge < -0.3 is 5.73 Å². The number of benzene rings is 1. The number of halogens is 1. The van der Waals surface area contributed by atoms with Crippen molar-refractivity contribution in [3.05, 3.63) is 42.2 Å². The van der Waals surface area contributed by atoms with Gasteiger partial charge in [-0.2, -0.15) is 0 Å². The molecule has 0 aliphatic rings. The molecule has 2 aromatic rings. The van der Waals surface area contributed by atoms with Crippen molar-refractivity contribution in [2.24, 2.45) is 5.73 Å². The lowest BCUT2D eigenvalue weighted by molar-refractivity contribution is 0.615. The number of aromatic nitrogens is 3. The molecular weight excluding hydrogens is 183 g/mol. The van der Waals surface area contributed by atoms with E-state index in [4.69, 9.17) is 5.73 Å². The van der Waals surface area contributed by atoms with Crippen LogP contribution in [0, 0.1) is 5.82 Å². The molecule has 0 saturated heterocycles. The van der Waals surface area contributed by atoms with Crippen LogP contribution in [0.3, 0.4) is 0 Å². The van der Waals surface area contributed by atoms with Gasteiger partial charge in [0.25, 0.3) is 0 Å². The smallest absolute Gasteiger partial charge is 0.151 e. The molecule has 0 aliphatic carbocycles. The molecular formula is C9H9FN4. The van der Waals surface area contributed by atoms with Gasteiger partial charge in [-0.15, -0.1) is 10.2 Å². The molecule has 5 heteroatoms. The largest absolute Gasteiger partial charge is 0.324 e. The summed E-state index contributed by atoms with van der Waals surface area (Å²) in [4.78, 5) is 0. The first-order valence-electron chi connectivity index (χ1n) is 4.17. The number of rotatable bonds is 2. The summed E-state index contributed by atoms with van der Waals surface area (Å²) in [5, 5.41) is 7.45. The second-order valence-electron chi connectivity index (χ2n) is 2.77. The molecule has 0 amide bonds. The van der Waals surface area contributed by atoms with Crippen LogP contribution in [-0.4, -0.2) is 14.8 Å². The Morgan fingerprint density at radius 2 is 2.14 bits per heavy atom. The van der Waals surface area contributed by atoms with Crippen LogP contribution in [0.1, 0.15) is 5.82 Å². The third kappa shape index (κ3) is 1.38. The van der Waals surface area contributed by atoms with Gasteiger partial charge in [0.05, 0.1) is 12.2 Å². The molecule has 4 nitrogen and oxygen atoms in total. The third-order valence-electron chi connectivity index (χ3n) is 1.91. The Kier molecular flexibility index (Phi) is 2.24. The molecule has 14 heavy (non-hydrogen) atoms. The van der Waals surface area contributed by atoms with Gasteiger partial charge in [0.2, 0.25) is 0 Å². The first kappa shape index (κ1) is 8.83. The maximum Gasteiger partial charge on any atom is 0.151 e. The van der Waals surface area contributed by atoms with Gasteiger partial charge in [-0.3, -0.25) is 4.57 Å². The van der Waals surface area contributed by atoms with Crippen molar-refractivity contribution < 1.29 is 4.39 Å². The highest BCUT2D eigenvalue weighted by Crippen LogP contribution is 2.13. The maximum absolute atomic E-state index is 13.4. The molecule has 2 N–H and O–H groups in total. The van der Waals surface area contributed by atoms with E-state index < -0.39 is 0 Å². The maximum atomic E-state index is 13.4. The van der Waals surface area contributed by atoms with E-state index in [0.29, 0.717) is 11.5 Å². The summed E-state index contributed by atoms with van der Waals surface area (Å²) in [5.41, 5.74) is 5.85. The fourth-order valence-corrected chi connectivity index (χ4v) is 1.25. The molecule has 0 bridgehead atoms. The van der Waals surface area contributed by atoms with E-state index in [0.717, 1.165) is 0 Å². The molecule has 0 atom stereocenters. The van der Waals surface area contributed by atoms with Gasteiger partial charge in [-0.1, -0.05) is 12.1 Å². The topological polar surface area (TPSA) is 56.7 Å². The Labute approximate surface area is 80.2 Å². The average molecular weight is 192 g/mol. The molecule has 0 aliphatic heterocycles. The Morgan fingerprint density at radius 1 is 1.36 bits per heavy atom. The van der Waals surface area contributed by atoms with Gasteiger partial charge in [0, 0.05) is 0 Å². The fraction of sp³-hybridized carbons (Fsp3) is 0.111. The molecule has 1 aromatic heterocycles. The molecule has 72 valence electrons. The Morgan fingerprint density at radius 3 is 2.86 bits per heavy atom. The number of para-hydroxylation sites is 1. The van der Waals surface area contributed by atoms with Crippen LogP contribution in [0.25, 0.3) is 5.69 Å². The van der Waals surface area contributed by atoms with Crippen molar-refractivity contribution in [3.63, 3.8) is 0 Å². The van der Waals surface area contributed by atoms with Gasteiger partial charge in [-0.25, -0.2) is 4.39 Å². The van der Waals surface area contributed by atoms with Crippen molar-refractivity contribution >= 4 is 0 Å². The van der Waals surface area contributed by atoms with Gasteiger partial charge in [0.15, 0.2) is 5.82 Å². The summed E-state index contributed by atoms with van der Waals surface area (Å²) >= 11 is 0. The van der Waals surface area contributed by atoms with Gasteiger partial charge in [-0.05, 0) is 12.1 Å². The van der Waals surface area contributed by atoms with Crippen molar-refractivity contribution in [1.82, 2.24) is 14.8 Å². The lowest BCUT2D eigenvalue weighted by Crippen LogP contribution is -2.07. The van der Waals surface area contributed by atoms with Crippen LogP contribution in [0.4, 0.5) is 4.39 Å². The molecule has 0 spiro atoms. The molecule has 0 fully saturated rings. The standard InChI is InChI=1S/C9H9FN4/c10-7-3-1-2-4-8(7)14-6-12-13-9(14)5-11/h1-4,6H,5,11H2. The van der Waals surface area contributed by atoms with E-state index in [9.17, 15) is 4.39 Å². The van der Waals surface area contributed by atoms with Crippen molar-refractivity contribution in [1.29, 1.82) is 0 Å². The zero-order chi connectivity index (χ0) is 9.97. The van der Waals surface area contributed by atoms with E-state index in [2.05, 4.69) is 10.2 Å². The van der Waals surface area contributed by atoms with Gasteiger partial charge in [0.1, 0.15) is 12.1 Å². The zero-order valence-corrected chi connectivity index (χ0v) is 7.39. The van der Waals surface area contributed by atoms with Crippen molar-refractivity contribution in [3.8, 4) is 5.69 Å². The first-order chi connectivity index (χ1) is 6.83. The van der Waals surface area contributed by atoms with E-state index in [1.165, 1.54) is 17.0 Å². The monoisotopic (exact) mass is 192 g/mol. The van der Waals surface area contributed by atoms with Crippen molar-refractivity contribution in [2.75, 3.05) is 0 Å². The lowest BCUT2D eigenvalue weighted by atomic mass is 10.3. The fourth-order valence-electron chi connectivity index (χ4n) is 1.25. The summed E-state index contributed by atoms with van der Waals surface area (Å²) in [6.45, 7) is 0.230. The van der Waals surface area contributed by atoms with E-state index >= 15 is 0 Å². The highest BCUT2D eigenvalue weighted by molar-refractivity contribution is 5.33. The number of nitrogens with two attached hydrogens (primary N) is 1. The van der Waals surface area contributed by atoms with Gasteiger partial charge >= 0.3 is 0 Å². The third-order valence-corrected chi connectivity index (χ3v) is 1.91. The summed E-state index contributed by atoms with van der Waals surface area (Å²) in [6, 6.07) is 6.41. The van der Waals surface area contributed by atoms with Crippen molar-refractivity contribution in [2.45, 2.75) is 6.54 Å². The first-order valence-corrected chi connectivity index (χ1v) is 4.17. The zero-order valence-electron chi connectivity index (χ0n) is 7.39. The number of nitrogens with zero attached hydrogens (tertiary/aromatic N) is 3. The Hall–Kier alpha value is -1.75. The lowest BCUT2D eigenvalue weighted by Gasteiger charge is -2.05. The highest BCUT2D eigenvalue weighted by Gasteiger charge is 2.07. The van der Waals surface area contributed by atoms with Crippen LogP contribution in [-0.2, 0) is 6.54 Å². The van der Waals surface area contributed by atoms with Crippen LogP contribution < -0.4 is 5.73 Å². The second kappa shape index (κ2) is 3.55. The molecule has 1 aromatic carbocycles. The van der Waals surface area contributed by atoms with E-state index in [1.54, 1.807) is 18.2 Å². The number of hydrogen-bond acceptors (Lipinski definition) is 3. The minimum Gasteiger partial charge on any atom is -0.324 e. The summed E-state index contributed by atoms with van der Waals surface area (Å²) in [7, 11) is 0. The normalized spacial score (nSPS) is 10.4. The summed E-state index contributed by atoms with van der Waals surface area (Å²) in [6.07, 6.45) is 1.45.